The van der Waals surface area contributed by atoms with Crippen molar-refractivity contribution in [3.05, 3.63) is 28.8 Å². The summed E-state index contributed by atoms with van der Waals surface area (Å²) in [5.74, 6) is 0. The summed E-state index contributed by atoms with van der Waals surface area (Å²) in [7, 11) is 0. The molecule has 0 saturated carbocycles. The van der Waals surface area contributed by atoms with Gasteiger partial charge < -0.3 is 14.5 Å². The van der Waals surface area contributed by atoms with Crippen LogP contribution in [0.3, 0.4) is 0 Å². The van der Waals surface area contributed by atoms with Crippen LogP contribution in [0.25, 0.3) is 0 Å². The van der Waals surface area contributed by atoms with Crippen molar-refractivity contribution >= 4 is 23.4 Å². The van der Waals surface area contributed by atoms with Gasteiger partial charge in [0.1, 0.15) is 0 Å². The molecule has 32 heavy (non-hydrogen) atoms. The Morgan fingerprint density at radius 1 is 1.12 bits per heavy atom. The number of piperidine rings is 1. The van der Waals surface area contributed by atoms with E-state index in [0.29, 0.717) is 13.1 Å². The van der Waals surface area contributed by atoms with Crippen molar-refractivity contribution in [3.63, 3.8) is 0 Å². The van der Waals surface area contributed by atoms with Gasteiger partial charge in [0.05, 0.1) is 10.7 Å². The predicted octanol–water partition coefficient (Wildman–Crippen LogP) is 5.32. The van der Waals surface area contributed by atoms with Crippen molar-refractivity contribution in [2.75, 3.05) is 44.2 Å². The number of nitrogens with zero attached hydrogens (tertiary/aromatic N) is 3. The molecule has 4 rings (SSSR count). The third kappa shape index (κ3) is 5.28. The number of halogens is 4. The first kappa shape index (κ1) is 23.5. The van der Waals surface area contributed by atoms with Gasteiger partial charge in [0.15, 0.2) is 6.10 Å². The Morgan fingerprint density at radius 2 is 1.78 bits per heavy atom. The first-order valence-electron chi connectivity index (χ1n) is 11.4. The van der Waals surface area contributed by atoms with Crippen LogP contribution in [0.2, 0.25) is 5.02 Å². The van der Waals surface area contributed by atoms with E-state index in [1.165, 1.54) is 23.3 Å². The van der Waals surface area contributed by atoms with Gasteiger partial charge in [-0.1, -0.05) is 17.7 Å². The highest BCUT2D eigenvalue weighted by atomic mass is 35.5. The van der Waals surface area contributed by atoms with E-state index in [4.69, 9.17) is 11.6 Å². The monoisotopic (exact) mass is 473 g/mol. The van der Waals surface area contributed by atoms with Gasteiger partial charge in [-0.2, -0.15) is 13.2 Å². The van der Waals surface area contributed by atoms with Gasteiger partial charge in [-0.15, -0.1) is 0 Å². The van der Waals surface area contributed by atoms with Crippen LogP contribution in [-0.4, -0.2) is 67.4 Å². The molecule has 0 aliphatic carbocycles. The number of rotatable bonds is 4. The number of benzene rings is 1. The second-order valence-electron chi connectivity index (χ2n) is 9.50. The largest absolute Gasteiger partial charge is 0.437 e. The number of anilines is 1. The van der Waals surface area contributed by atoms with Crippen LogP contribution in [0.1, 0.15) is 44.6 Å². The Morgan fingerprint density at radius 3 is 2.44 bits per heavy atom. The van der Waals surface area contributed by atoms with Crippen LogP contribution in [0.15, 0.2) is 18.2 Å². The lowest BCUT2D eigenvalue weighted by molar-refractivity contribution is -0.200. The van der Waals surface area contributed by atoms with Crippen LogP contribution >= 0.6 is 11.6 Å². The minimum absolute atomic E-state index is 0.122. The summed E-state index contributed by atoms with van der Waals surface area (Å²) in [5.41, 5.74) is 2.49. The highest BCUT2D eigenvalue weighted by molar-refractivity contribution is 6.33. The molecule has 0 N–H and O–H groups in total. The van der Waals surface area contributed by atoms with Crippen molar-refractivity contribution in [2.45, 2.75) is 57.9 Å². The molecule has 1 aromatic carbocycles. The molecule has 9 heteroatoms. The minimum Gasteiger partial charge on any atom is -0.437 e. The molecule has 0 bridgehead atoms. The van der Waals surface area contributed by atoms with Crippen molar-refractivity contribution in [2.24, 2.45) is 5.41 Å². The third-order valence-electron chi connectivity index (χ3n) is 7.20. The highest BCUT2D eigenvalue weighted by Gasteiger charge is 2.43. The van der Waals surface area contributed by atoms with Gasteiger partial charge in [0.2, 0.25) is 0 Å². The number of carbonyl (C=O) groups excluding carboxylic acids is 1. The van der Waals surface area contributed by atoms with E-state index in [1.54, 1.807) is 0 Å². The lowest BCUT2D eigenvalue weighted by atomic mass is 9.78. The molecule has 3 aliphatic heterocycles. The second-order valence-corrected chi connectivity index (χ2v) is 9.90. The fraction of sp³-hybridized carbons (Fsp3) is 0.696. The fourth-order valence-electron chi connectivity index (χ4n) is 5.14. The molecular weight excluding hydrogens is 443 g/mol. The topological polar surface area (TPSA) is 36.0 Å². The Bertz CT molecular complexity index is 821. The van der Waals surface area contributed by atoms with Crippen molar-refractivity contribution < 1.29 is 22.7 Å². The Kier molecular flexibility index (Phi) is 6.82. The molecule has 3 fully saturated rings. The van der Waals surface area contributed by atoms with Crippen molar-refractivity contribution in [3.8, 4) is 0 Å². The molecule has 3 saturated heterocycles. The van der Waals surface area contributed by atoms with Crippen LogP contribution in [0.5, 0.6) is 0 Å². The summed E-state index contributed by atoms with van der Waals surface area (Å²) in [6.07, 6.45) is -2.45. The van der Waals surface area contributed by atoms with Gasteiger partial charge in [0.25, 0.3) is 0 Å². The van der Waals surface area contributed by atoms with E-state index in [-0.39, 0.29) is 5.41 Å². The van der Waals surface area contributed by atoms with E-state index < -0.39 is 18.4 Å². The van der Waals surface area contributed by atoms with Crippen molar-refractivity contribution in [1.82, 2.24) is 9.80 Å². The third-order valence-corrected chi connectivity index (χ3v) is 7.52. The number of amides is 1. The SMILES string of the molecule is CC(OC(=O)N1CCC2(CCN(Cc3ccc(Cl)c(N4CCCC4)c3)C2)CC1)C(F)(F)F. The van der Waals surface area contributed by atoms with E-state index in [1.807, 2.05) is 6.07 Å². The molecule has 1 amide bonds. The molecule has 3 heterocycles. The zero-order chi connectivity index (χ0) is 22.9. The maximum atomic E-state index is 12.7. The van der Waals surface area contributed by atoms with E-state index in [2.05, 4.69) is 26.7 Å². The minimum atomic E-state index is -4.53. The zero-order valence-corrected chi connectivity index (χ0v) is 19.2. The van der Waals surface area contributed by atoms with Crippen LogP contribution < -0.4 is 4.90 Å². The quantitative estimate of drug-likeness (QED) is 0.593. The summed E-state index contributed by atoms with van der Waals surface area (Å²) in [6, 6.07) is 6.29. The average molecular weight is 474 g/mol. The summed E-state index contributed by atoms with van der Waals surface area (Å²) in [4.78, 5) is 18.3. The molecule has 1 unspecified atom stereocenters. The van der Waals surface area contributed by atoms with Gasteiger partial charge >= 0.3 is 12.3 Å². The Balaban J connectivity index is 1.30. The Hall–Kier alpha value is -1.67. The number of alkyl halides is 3. The van der Waals surface area contributed by atoms with Crippen molar-refractivity contribution in [1.29, 1.82) is 0 Å². The van der Waals surface area contributed by atoms with Gasteiger partial charge in [0, 0.05) is 39.3 Å². The van der Waals surface area contributed by atoms with Crippen LogP contribution in [0.4, 0.5) is 23.7 Å². The molecule has 0 aromatic heterocycles. The smallest absolute Gasteiger partial charge is 0.425 e. The normalized spacial score (nSPS) is 22.5. The molecule has 5 nitrogen and oxygen atoms in total. The maximum absolute atomic E-state index is 12.7. The van der Waals surface area contributed by atoms with E-state index in [0.717, 1.165) is 69.6 Å². The standard InChI is InChI=1S/C23H31ClF3N3O2/c1-17(23(25,26)27)32-21(31)30-12-7-22(8-13-30)6-11-28(16-22)15-18-4-5-19(24)20(14-18)29-9-2-3-10-29/h4-5,14,17H,2-3,6-13,15-16H2,1H3. The number of likely N-dealkylation sites (tertiary alicyclic amines) is 2. The summed E-state index contributed by atoms with van der Waals surface area (Å²) >= 11 is 6.45. The highest BCUT2D eigenvalue weighted by Crippen LogP contribution is 2.41. The Labute approximate surface area is 192 Å². The molecular formula is C23H31ClF3N3O2. The molecule has 1 spiro atoms. The zero-order valence-electron chi connectivity index (χ0n) is 18.5. The molecule has 1 aromatic rings. The van der Waals surface area contributed by atoms with Crippen LogP contribution in [0, 0.1) is 5.41 Å². The number of hydrogen-bond acceptors (Lipinski definition) is 4. The second kappa shape index (κ2) is 9.29. The summed E-state index contributed by atoms with van der Waals surface area (Å²) in [5, 5.41) is 0.799. The first-order valence-corrected chi connectivity index (χ1v) is 11.8. The number of ether oxygens (including phenoxy) is 1. The summed E-state index contributed by atoms with van der Waals surface area (Å²) < 4.78 is 42.6. The molecule has 178 valence electrons. The maximum Gasteiger partial charge on any atom is 0.425 e. The van der Waals surface area contributed by atoms with E-state index >= 15 is 0 Å². The van der Waals surface area contributed by atoms with Gasteiger partial charge in [-0.05, 0) is 68.7 Å². The number of carbonyl (C=O) groups is 1. The lowest BCUT2D eigenvalue weighted by Gasteiger charge is -2.39. The number of hydrogen-bond donors (Lipinski definition) is 0. The van der Waals surface area contributed by atoms with Gasteiger partial charge in [-0.3, -0.25) is 4.90 Å². The van der Waals surface area contributed by atoms with Crippen LogP contribution in [-0.2, 0) is 11.3 Å². The molecule has 0 radical (unpaired) electrons. The average Bonchev–Trinajstić information content (AvgIpc) is 3.40. The molecule has 1 atom stereocenters. The first-order chi connectivity index (χ1) is 15.2. The fourth-order valence-corrected chi connectivity index (χ4v) is 5.38. The predicted molar refractivity (Wildman–Crippen MR) is 118 cm³/mol. The molecule has 3 aliphatic rings. The van der Waals surface area contributed by atoms with E-state index in [9.17, 15) is 18.0 Å². The van der Waals surface area contributed by atoms with Gasteiger partial charge in [-0.25, -0.2) is 4.79 Å². The summed E-state index contributed by atoms with van der Waals surface area (Å²) in [6.45, 7) is 6.63. The lowest BCUT2D eigenvalue weighted by Crippen LogP contribution is -2.46.